The summed E-state index contributed by atoms with van der Waals surface area (Å²) in [5.41, 5.74) is 1.09. The van der Waals surface area contributed by atoms with E-state index in [-0.39, 0.29) is 12.5 Å². The Hall–Kier alpha value is -3.00. The van der Waals surface area contributed by atoms with Gasteiger partial charge in [-0.25, -0.2) is 0 Å². The Morgan fingerprint density at radius 2 is 1.88 bits per heavy atom. The summed E-state index contributed by atoms with van der Waals surface area (Å²) >= 11 is 0. The maximum absolute atomic E-state index is 11.2. The molecule has 0 aliphatic carbocycles. The largest absolute Gasteiger partial charge is 0.491 e. The van der Waals surface area contributed by atoms with Crippen LogP contribution in [-0.4, -0.2) is 12.1 Å². The predicted molar refractivity (Wildman–Crippen MR) is 88.2 cm³/mol. The van der Waals surface area contributed by atoms with Crippen molar-refractivity contribution in [1.82, 2.24) is 0 Å². The van der Waals surface area contributed by atoms with Crippen molar-refractivity contribution in [2.24, 2.45) is 0 Å². The van der Waals surface area contributed by atoms with Crippen molar-refractivity contribution in [3.63, 3.8) is 0 Å². The number of hydrogen-bond acceptors (Lipinski definition) is 5. The van der Waals surface area contributed by atoms with Gasteiger partial charge in [-0.15, -0.1) is 5.26 Å². The van der Waals surface area contributed by atoms with Crippen LogP contribution in [0, 0.1) is 11.5 Å². The van der Waals surface area contributed by atoms with Gasteiger partial charge in [-0.1, -0.05) is 36.4 Å². The Labute approximate surface area is 141 Å². The molecule has 0 aliphatic heterocycles. The minimum Gasteiger partial charge on any atom is -0.491 e. The van der Waals surface area contributed by atoms with E-state index in [2.05, 4.69) is 4.74 Å². The Kier molecular flexibility index (Phi) is 6.66. The van der Waals surface area contributed by atoms with Crippen LogP contribution in [0.15, 0.2) is 54.6 Å². The number of esters is 1. The quantitative estimate of drug-likeness (QED) is 0.545. The van der Waals surface area contributed by atoms with Gasteiger partial charge in [-0.3, -0.25) is 4.79 Å². The Morgan fingerprint density at radius 1 is 1.12 bits per heavy atom. The molecule has 0 N–H and O–H groups in total. The van der Waals surface area contributed by atoms with Crippen molar-refractivity contribution in [3.8, 4) is 17.8 Å². The molecule has 2 aromatic rings. The summed E-state index contributed by atoms with van der Waals surface area (Å²) in [6, 6.07) is 17.3. The Morgan fingerprint density at radius 3 is 2.62 bits per heavy atom. The molecule has 0 saturated carbocycles. The highest BCUT2D eigenvalue weighted by molar-refractivity contribution is 5.70. The van der Waals surface area contributed by atoms with Gasteiger partial charge >= 0.3 is 5.97 Å². The van der Waals surface area contributed by atoms with Gasteiger partial charge in [0.15, 0.2) is 0 Å². The van der Waals surface area contributed by atoms with Gasteiger partial charge in [0.1, 0.15) is 18.1 Å². The third-order valence-corrected chi connectivity index (χ3v) is 3.31. The van der Waals surface area contributed by atoms with E-state index in [1.54, 1.807) is 0 Å². The second-order valence-corrected chi connectivity index (χ2v) is 5.28. The number of carbonyl (C=O) groups is 1. The second kappa shape index (κ2) is 9.21. The predicted octanol–water partition coefficient (Wildman–Crippen LogP) is 3.84. The smallest absolute Gasteiger partial charge is 0.321 e. The van der Waals surface area contributed by atoms with Crippen molar-refractivity contribution in [2.45, 2.75) is 32.5 Å². The first kappa shape index (κ1) is 17.4. The molecular formula is C19H19NO4. The number of carbonyl (C=O) groups excluding carboxylic acids is 1. The topological polar surface area (TPSA) is 68.6 Å². The second-order valence-electron chi connectivity index (χ2n) is 5.28. The zero-order valence-electron chi connectivity index (χ0n) is 13.5. The summed E-state index contributed by atoms with van der Waals surface area (Å²) < 4.78 is 15.7. The van der Waals surface area contributed by atoms with E-state index in [1.807, 2.05) is 61.5 Å². The van der Waals surface area contributed by atoms with Gasteiger partial charge in [0.2, 0.25) is 0 Å². The summed E-state index contributed by atoms with van der Waals surface area (Å²) in [5.74, 6) is 0.835. The molecule has 0 saturated heterocycles. The molecule has 5 heteroatoms. The van der Waals surface area contributed by atoms with Crippen LogP contribution in [0.4, 0.5) is 0 Å². The normalized spacial score (nSPS) is 11.2. The van der Waals surface area contributed by atoms with Gasteiger partial charge in [-0.2, -0.15) is 0 Å². The summed E-state index contributed by atoms with van der Waals surface area (Å²) in [5, 5.41) is 8.26. The van der Waals surface area contributed by atoms with Gasteiger partial charge < -0.3 is 14.2 Å². The van der Waals surface area contributed by atoms with Gasteiger partial charge in [0, 0.05) is 6.07 Å². The van der Waals surface area contributed by atoms with Gasteiger partial charge in [0.05, 0.1) is 12.5 Å². The van der Waals surface area contributed by atoms with Crippen LogP contribution < -0.4 is 9.47 Å². The molecule has 0 fully saturated rings. The van der Waals surface area contributed by atoms with Crippen molar-refractivity contribution >= 4 is 5.97 Å². The lowest BCUT2D eigenvalue weighted by Gasteiger charge is -2.15. The SMILES string of the molecule is CC(CCC(=O)OC#N)Oc1cccc(OCc2ccccc2)c1. The first-order chi connectivity index (χ1) is 11.7. The van der Waals surface area contributed by atoms with Crippen molar-refractivity contribution in [3.05, 3.63) is 60.2 Å². The molecule has 5 nitrogen and oxygen atoms in total. The number of nitrogens with zero attached hydrogens (tertiary/aromatic N) is 1. The Bertz CT molecular complexity index is 694. The third-order valence-electron chi connectivity index (χ3n) is 3.31. The molecule has 2 aromatic carbocycles. The Balaban J connectivity index is 1.83. The van der Waals surface area contributed by atoms with Crippen LogP contribution >= 0.6 is 0 Å². The van der Waals surface area contributed by atoms with Crippen LogP contribution in [0.25, 0.3) is 0 Å². The van der Waals surface area contributed by atoms with Crippen LogP contribution in [0.1, 0.15) is 25.3 Å². The fraction of sp³-hybridized carbons (Fsp3) is 0.263. The molecule has 0 spiro atoms. The van der Waals surface area contributed by atoms with Gasteiger partial charge in [-0.05, 0) is 31.0 Å². The minimum absolute atomic E-state index is 0.138. The summed E-state index contributed by atoms with van der Waals surface area (Å²) in [6.45, 7) is 2.34. The lowest BCUT2D eigenvalue weighted by atomic mass is 10.2. The standard InChI is InChI=1S/C19H19NO4/c1-15(10-11-19(21)23-14-20)24-18-9-5-8-17(12-18)22-13-16-6-3-2-4-7-16/h2-9,12,15H,10-11,13H2,1H3. The highest BCUT2D eigenvalue weighted by Crippen LogP contribution is 2.22. The van der Waals surface area contributed by atoms with E-state index >= 15 is 0 Å². The van der Waals surface area contributed by atoms with E-state index in [1.165, 1.54) is 6.26 Å². The van der Waals surface area contributed by atoms with Crippen molar-refractivity contribution in [1.29, 1.82) is 5.26 Å². The van der Waals surface area contributed by atoms with E-state index in [0.29, 0.717) is 24.5 Å². The fourth-order valence-corrected chi connectivity index (χ4v) is 2.09. The molecule has 124 valence electrons. The maximum Gasteiger partial charge on any atom is 0.321 e. The summed E-state index contributed by atoms with van der Waals surface area (Å²) in [4.78, 5) is 11.2. The molecule has 1 unspecified atom stereocenters. The molecular weight excluding hydrogens is 306 g/mol. The van der Waals surface area contributed by atoms with Gasteiger partial charge in [0.25, 0.3) is 6.26 Å². The van der Waals surface area contributed by atoms with Crippen molar-refractivity contribution in [2.75, 3.05) is 0 Å². The maximum atomic E-state index is 11.2. The number of nitriles is 1. The molecule has 0 heterocycles. The average Bonchev–Trinajstić information content (AvgIpc) is 2.60. The van der Waals surface area contributed by atoms with Crippen molar-refractivity contribution < 1.29 is 19.0 Å². The number of hydrogen-bond donors (Lipinski definition) is 0. The van der Waals surface area contributed by atoms with E-state index < -0.39 is 5.97 Å². The number of ether oxygens (including phenoxy) is 3. The zero-order valence-corrected chi connectivity index (χ0v) is 13.5. The molecule has 0 radical (unpaired) electrons. The lowest BCUT2D eigenvalue weighted by Crippen LogP contribution is -2.14. The van der Waals surface area contributed by atoms with Crippen LogP contribution in [0.5, 0.6) is 11.5 Å². The average molecular weight is 325 g/mol. The molecule has 0 aromatic heterocycles. The fourth-order valence-electron chi connectivity index (χ4n) is 2.09. The van der Waals surface area contributed by atoms with E-state index in [0.717, 1.165) is 5.56 Å². The highest BCUT2D eigenvalue weighted by atomic mass is 16.5. The monoisotopic (exact) mass is 325 g/mol. The lowest BCUT2D eigenvalue weighted by molar-refractivity contribution is -0.137. The zero-order chi connectivity index (χ0) is 17.2. The third kappa shape index (κ3) is 6.01. The summed E-state index contributed by atoms with van der Waals surface area (Å²) in [6.07, 6.45) is 1.79. The van der Waals surface area contributed by atoms with E-state index in [4.69, 9.17) is 14.7 Å². The number of rotatable bonds is 8. The van der Waals surface area contributed by atoms with Crippen LogP contribution in [0.2, 0.25) is 0 Å². The molecule has 0 amide bonds. The first-order valence-corrected chi connectivity index (χ1v) is 7.69. The molecule has 2 rings (SSSR count). The van der Waals surface area contributed by atoms with Crippen LogP contribution in [0.3, 0.4) is 0 Å². The summed E-state index contributed by atoms with van der Waals surface area (Å²) in [7, 11) is 0. The first-order valence-electron chi connectivity index (χ1n) is 7.69. The van der Waals surface area contributed by atoms with Crippen LogP contribution in [-0.2, 0) is 16.1 Å². The minimum atomic E-state index is -0.548. The molecule has 1 atom stereocenters. The van der Waals surface area contributed by atoms with E-state index in [9.17, 15) is 4.79 Å². The highest BCUT2D eigenvalue weighted by Gasteiger charge is 2.10. The number of benzene rings is 2. The molecule has 0 bridgehead atoms. The molecule has 0 aliphatic rings. The molecule has 24 heavy (non-hydrogen) atoms.